The van der Waals surface area contributed by atoms with Crippen LogP contribution in [-0.4, -0.2) is 14.9 Å². The van der Waals surface area contributed by atoms with E-state index in [2.05, 4.69) is 58.4 Å². The zero-order chi connectivity index (χ0) is 12.4. The summed E-state index contributed by atoms with van der Waals surface area (Å²) in [4.78, 5) is 4.49. The highest BCUT2D eigenvalue weighted by molar-refractivity contribution is 9.09. The lowest BCUT2D eigenvalue weighted by molar-refractivity contribution is 0.486. The minimum atomic E-state index is 0.675. The van der Waals surface area contributed by atoms with Crippen LogP contribution in [-0.2, 0) is 6.54 Å². The fourth-order valence-corrected chi connectivity index (χ4v) is 2.69. The van der Waals surface area contributed by atoms with Crippen LogP contribution in [0.3, 0.4) is 0 Å². The number of alkyl halides is 1. The van der Waals surface area contributed by atoms with E-state index in [0.717, 1.165) is 17.4 Å². The molecule has 0 radical (unpaired) electrons. The molecule has 2 aromatic rings. The van der Waals surface area contributed by atoms with Crippen LogP contribution in [0.15, 0.2) is 18.5 Å². The maximum atomic E-state index is 4.49. The highest BCUT2D eigenvalue weighted by atomic mass is 79.9. The number of hydrogen-bond acceptors (Lipinski definition) is 1. The maximum Gasteiger partial charge on any atom is 0.0958 e. The van der Waals surface area contributed by atoms with E-state index in [4.69, 9.17) is 0 Å². The smallest absolute Gasteiger partial charge is 0.0958 e. The van der Waals surface area contributed by atoms with E-state index >= 15 is 0 Å². The van der Waals surface area contributed by atoms with Crippen LogP contribution >= 0.6 is 15.9 Å². The van der Waals surface area contributed by atoms with Crippen molar-refractivity contribution in [1.82, 2.24) is 9.55 Å². The molecule has 1 heterocycles. The van der Waals surface area contributed by atoms with Gasteiger partial charge in [0, 0.05) is 11.9 Å². The van der Waals surface area contributed by atoms with E-state index in [0.29, 0.717) is 5.92 Å². The molecule has 0 bridgehead atoms. The number of hydrogen-bond donors (Lipinski definition) is 0. The van der Waals surface area contributed by atoms with Crippen LogP contribution in [0, 0.1) is 19.8 Å². The molecule has 2 nitrogen and oxygen atoms in total. The lowest BCUT2D eigenvalue weighted by atomic mass is 10.1. The fraction of sp³-hybridized carbons (Fsp3) is 0.500. The predicted molar refractivity (Wildman–Crippen MR) is 76.8 cm³/mol. The summed E-state index contributed by atoms with van der Waals surface area (Å²) in [5, 5.41) is 1.05. The van der Waals surface area contributed by atoms with E-state index in [9.17, 15) is 0 Å². The van der Waals surface area contributed by atoms with Crippen LogP contribution in [0.1, 0.15) is 24.5 Å². The fourth-order valence-electron chi connectivity index (χ4n) is 2.02. The summed E-state index contributed by atoms with van der Waals surface area (Å²) in [5.41, 5.74) is 5.02. The van der Waals surface area contributed by atoms with E-state index in [-0.39, 0.29) is 0 Å². The number of halogens is 1. The summed E-state index contributed by atoms with van der Waals surface area (Å²) in [7, 11) is 0. The molecule has 0 N–H and O–H groups in total. The van der Waals surface area contributed by atoms with Crippen molar-refractivity contribution < 1.29 is 0 Å². The Morgan fingerprint density at radius 3 is 2.65 bits per heavy atom. The Morgan fingerprint density at radius 2 is 2.00 bits per heavy atom. The van der Waals surface area contributed by atoms with Crippen LogP contribution in [0.4, 0.5) is 0 Å². The minimum Gasteiger partial charge on any atom is -0.330 e. The van der Waals surface area contributed by atoms with Crippen molar-refractivity contribution in [2.24, 2.45) is 5.92 Å². The molecule has 0 aliphatic rings. The van der Waals surface area contributed by atoms with Gasteiger partial charge in [-0.3, -0.25) is 0 Å². The molecular formula is C14H19BrN2. The van der Waals surface area contributed by atoms with Gasteiger partial charge in [-0.15, -0.1) is 0 Å². The first kappa shape index (κ1) is 12.6. The summed E-state index contributed by atoms with van der Waals surface area (Å²) in [6.07, 6.45) is 3.16. The number of fused-ring (bicyclic) bond motifs is 1. The second-order valence-corrected chi connectivity index (χ2v) is 5.40. The molecule has 1 aromatic carbocycles. The van der Waals surface area contributed by atoms with Crippen LogP contribution < -0.4 is 0 Å². The Morgan fingerprint density at radius 1 is 1.29 bits per heavy atom. The lowest BCUT2D eigenvalue weighted by Crippen LogP contribution is -2.10. The quantitative estimate of drug-likeness (QED) is 0.777. The standard InChI is InChI=1S/C14H19BrN2/c1-4-12(7-15)8-17-9-16-13-5-10(2)11(3)6-14(13)17/h5-6,9,12H,4,7-8H2,1-3H3. The van der Waals surface area contributed by atoms with E-state index < -0.39 is 0 Å². The first-order chi connectivity index (χ1) is 8.15. The molecule has 0 aliphatic carbocycles. The molecule has 1 aromatic heterocycles. The molecule has 0 amide bonds. The van der Waals surface area contributed by atoms with E-state index in [1.807, 2.05) is 6.33 Å². The van der Waals surface area contributed by atoms with Crippen molar-refractivity contribution in [3.63, 3.8) is 0 Å². The number of imidazole rings is 1. The topological polar surface area (TPSA) is 17.8 Å². The Labute approximate surface area is 111 Å². The van der Waals surface area contributed by atoms with Gasteiger partial charge in [0.05, 0.1) is 17.4 Å². The van der Waals surface area contributed by atoms with Crippen molar-refractivity contribution in [2.45, 2.75) is 33.7 Å². The van der Waals surface area contributed by atoms with Gasteiger partial charge >= 0.3 is 0 Å². The van der Waals surface area contributed by atoms with Gasteiger partial charge in [-0.2, -0.15) is 0 Å². The second kappa shape index (κ2) is 5.21. The molecule has 0 spiro atoms. The van der Waals surface area contributed by atoms with Crippen LogP contribution in [0.25, 0.3) is 11.0 Å². The highest BCUT2D eigenvalue weighted by Crippen LogP contribution is 2.20. The third-order valence-electron chi connectivity index (χ3n) is 3.49. The summed E-state index contributed by atoms with van der Waals surface area (Å²) in [5.74, 6) is 0.675. The first-order valence-corrected chi connectivity index (χ1v) is 7.26. The normalized spacial score (nSPS) is 13.2. The Hall–Kier alpha value is -0.830. The highest BCUT2D eigenvalue weighted by Gasteiger charge is 2.09. The van der Waals surface area contributed by atoms with Crippen molar-refractivity contribution in [3.8, 4) is 0 Å². The van der Waals surface area contributed by atoms with Gasteiger partial charge in [0.25, 0.3) is 0 Å². The summed E-state index contributed by atoms with van der Waals surface area (Å²) >= 11 is 3.58. The Balaban J connectivity index is 2.38. The van der Waals surface area contributed by atoms with E-state index in [1.54, 1.807) is 0 Å². The van der Waals surface area contributed by atoms with Crippen molar-refractivity contribution >= 4 is 27.0 Å². The SMILES string of the molecule is CCC(CBr)Cn1cnc2cc(C)c(C)cc21. The number of rotatable bonds is 4. The molecule has 0 saturated heterocycles. The van der Waals surface area contributed by atoms with Crippen LogP contribution in [0.2, 0.25) is 0 Å². The molecule has 2 rings (SSSR count). The average Bonchev–Trinajstić information content (AvgIpc) is 2.69. The van der Waals surface area contributed by atoms with E-state index in [1.165, 1.54) is 23.1 Å². The number of benzene rings is 1. The summed E-state index contributed by atoms with van der Waals surface area (Å²) < 4.78 is 2.28. The first-order valence-electron chi connectivity index (χ1n) is 6.13. The minimum absolute atomic E-state index is 0.675. The lowest BCUT2D eigenvalue weighted by Gasteiger charge is -2.13. The number of nitrogens with zero attached hydrogens (tertiary/aromatic N) is 2. The largest absolute Gasteiger partial charge is 0.330 e. The summed E-state index contributed by atoms with van der Waals surface area (Å²) in [6.45, 7) is 7.58. The molecule has 0 fully saturated rings. The monoisotopic (exact) mass is 294 g/mol. The number of aromatic nitrogens is 2. The number of aryl methyl sites for hydroxylation is 2. The summed E-state index contributed by atoms with van der Waals surface area (Å²) in [6, 6.07) is 4.43. The van der Waals surface area contributed by atoms with Crippen molar-refractivity contribution in [2.75, 3.05) is 5.33 Å². The maximum absolute atomic E-state index is 4.49. The molecule has 0 saturated carbocycles. The van der Waals surface area contributed by atoms with Crippen molar-refractivity contribution in [3.05, 3.63) is 29.6 Å². The average molecular weight is 295 g/mol. The van der Waals surface area contributed by atoms with Crippen LogP contribution in [0.5, 0.6) is 0 Å². The zero-order valence-corrected chi connectivity index (χ0v) is 12.3. The Bertz CT molecular complexity index is 512. The molecule has 3 heteroatoms. The van der Waals surface area contributed by atoms with Gasteiger partial charge in [0.1, 0.15) is 0 Å². The van der Waals surface area contributed by atoms with Gasteiger partial charge in [-0.05, 0) is 43.0 Å². The van der Waals surface area contributed by atoms with Gasteiger partial charge in [-0.25, -0.2) is 4.98 Å². The molecule has 1 unspecified atom stereocenters. The third kappa shape index (κ3) is 2.54. The molecule has 92 valence electrons. The second-order valence-electron chi connectivity index (χ2n) is 4.75. The van der Waals surface area contributed by atoms with Crippen molar-refractivity contribution in [1.29, 1.82) is 0 Å². The predicted octanol–water partition coefficient (Wildman–Crippen LogP) is 4.07. The molecule has 17 heavy (non-hydrogen) atoms. The van der Waals surface area contributed by atoms with Gasteiger partial charge < -0.3 is 4.57 Å². The zero-order valence-electron chi connectivity index (χ0n) is 10.7. The van der Waals surface area contributed by atoms with Gasteiger partial charge in [0.15, 0.2) is 0 Å². The molecular weight excluding hydrogens is 276 g/mol. The third-order valence-corrected chi connectivity index (χ3v) is 4.40. The molecule has 1 atom stereocenters. The molecule has 0 aliphatic heterocycles. The Kier molecular flexibility index (Phi) is 3.87. The van der Waals surface area contributed by atoms with Gasteiger partial charge in [-0.1, -0.05) is 29.3 Å². The van der Waals surface area contributed by atoms with Gasteiger partial charge in [0.2, 0.25) is 0 Å².